The van der Waals surface area contributed by atoms with E-state index in [0.717, 1.165) is 18.4 Å². The maximum Gasteiger partial charge on any atom is 0.312 e. The predicted octanol–water partition coefficient (Wildman–Crippen LogP) is 5.24. The molecule has 0 aromatic heterocycles. The lowest BCUT2D eigenvalue weighted by molar-refractivity contribution is -0.160. The van der Waals surface area contributed by atoms with E-state index in [0.29, 0.717) is 36.4 Å². The van der Waals surface area contributed by atoms with Crippen molar-refractivity contribution in [1.29, 1.82) is 0 Å². The number of aryl methyl sites for hydroxylation is 1. The van der Waals surface area contributed by atoms with Gasteiger partial charge in [0.2, 0.25) is 5.91 Å². The third-order valence-corrected chi connectivity index (χ3v) is 9.44. The van der Waals surface area contributed by atoms with Crippen LogP contribution in [0.1, 0.15) is 64.9 Å². The first-order valence-electron chi connectivity index (χ1n) is 15.1. The van der Waals surface area contributed by atoms with Crippen molar-refractivity contribution < 1.29 is 29.0 Å². The first-order valence-corrected chi connectivity index (χ1v) is 15.4. The van der Waals surface area contributed by atoms with Crippen LogP contribution in [0.25, 0.3) is 0 Å². The van der Waals surface area contributed by atoms with Crippen LogP contribution >= 0.6 is 11.6 Å². The normalized spacial score (nSPS) is 28.6. The summed E-state index contributed by atoms with van der Waals surface area (Å²) in [4.78, 5) is 46.0. The Kier molecular flexibility index (Phi) is 9.90. The lowest BCUT2D eigenvalue weighted by Gasteiger charge is -2.40. The van der Waals surface area contributed by atoms with Crippen LogP contribution in [0.15, 0.2) is 43.5 Å². The van der Waals surface area contributed by atoms with Crippen molar-refractivity contribution in [3.05, 3.63) is 54.1 Å². The van der Waals surface area contributed by atoms with Gasteiger partial charge in [-0.3, -0.25) is 14.4 Å². The molecule has 3 aliphatic rings. The second-order valence-electron chi connectivity index (χ2n) is 12.5. The summed E-state index contributed by atoms with van der Waals surface area (Å²) in [7, 11) is 0. The highest BCUT2D eigenvalue weighted by Gasteiger charge is 2.79. The number of hydrogen-bond acceptors (Lipinski definition) is 6. The average molecular weight is 601 g/mol. The third kappa shape index (κ3) is 5.53. The van der Waals surface area contributed by atoms with E-state index >= 15 is 0 Å². The van der Waals surface area contributed by atoms with E-state index in [9.17, 15) is 19.5 Å². The van der Waals surface area contributed by atoms with Gasteiger partial charge in [0.25, 0.3) is 5.91 Å². The molecule has 230 valence electrons. The fourth-order valence-electron chi connectivity index (χ4n) is 7.40. The van der Waals surface area contributed by atoms with Crippen molar-refractivity contribution in [3.8, 4) is 0 Å². The van der Waals surface area contributed by atoms with Crippen LogP contribution in [-0.2, 0) is 23.9 Å². The number of nitrogens with zero attached hydrogens (tertiary/aromatic N) is 2. The van der Waals surface area contributed by atoms with Crippen molar-refractivity contribution in [2.45, 2.75) is 89.5 Å². The Morgan fingerprint density at radius 3 is 2.62 bits per heavy atom. The standard InChI is InChI=1S/C33H45ClN2O6/c1-7-9-10-11-18-41-31(40)26-25-29(38)36(23(20-37)19-21(3)4)28(33(25)16-15-32(26,6)42-33)30(39)35(17-8-2)27-22(5)13-12-14-24(27)34/h7-8,12-14,21,23,25-26,28,37H,1-2,9-11,15-20H2,3-6H3/t23-,25+,26+,28?,32-,33?/m1/s1. The summed E-state index contributed by atoms with van der Waals surface area (Å²) in [6.07, 6.45) is 7.23. The van der Waals surface area contributed by atoms with Crippen molar-refractivity contribution in [1.82, 2.24) is 4.90 Å². The quantitative estimate of drug-likeness (QED) is 0.178. The molecule has 2 unspecified atom stereocenters. The molecule has 3 saturated heterocycles. The number of allylic oxidation sites excluding steroid dienone is 1. The lowest BCUT2D eigenvalue weighted by atomic mass is 9.66. The smallest absolute Gasteiger partial charge is 0.312 e. The molecule has 3 fully saturated rings. The van der Waals surface area contributed by atoms with Gasteiger partial charge < -0.3 is 24.4 Å². The number of aliphatic hydroxyl groups is 1. The molecular formula is C33H45ClN2O6. The van der Waals surface area contributed by atoms with Crippen LogP contribution in [0.4, 0.5) is 5.69 Å². The SMILES string of the molecule is C=CCCCCOC(=O)[C@@H]1[C@H]2C(=O)N([C@@H](CO)CC(C)C)C(C(=O)N(CC=C)c3c(C)cccc3Cl)C23CC[C@@]1(C)O3. The van der Waals surface area contributed by atoms with Gasteiger partial charge in [0.1, 0.15) is 17.6 Å². The average Bonchev–Trinajstić information content (AvgIpc) is 3.51. The van der Waals surface area contributed by atoms with E-state index in [-0.39, 0.29) is 37.5 Å². The van der Waals surface area contributed by atoms with Crippen molar-refractivity contribution >= 4 is 35.1 Å². The number of amides is 2. The van der Waals surface area contributed by atoms with Crippen LogP contribution < -0.4 is 4.90 Å². The summed E-state index contributed by atoms with van der Waals surface area (Å²) >= 11 is 6.64. The minimum absolute atomic E-state index is 0.143. The van der Waals surface area contributed by atoms with Crippen LogP contribution in [0, 0.1) is 24.7 Å². The fraction of sp³-hybridized carbons (Fsp3) is 0.606. The number of esters is 1. The van der Waals surface area contributed by atoms with Gasteiger partial charge in [-0.2, -0.15) is 0 Å². The number of para-hydroxylation sites is 1. The van der Waals surface area contributed by atoms with Gasteiger partial charge in [-0.15, -0.1) is 13.2 Å². The minimum Gasteiger partial charge on any atom is -0.465 e. The molecule has 42 heavy (non-hydrogen) atoms. The lowest BCUT2D eigenvalue weighted by Crippen LogP contribution is -2.59. The molecule has 8 nitrogen and oxygen atoms in total. The first kappa shape index (κ1) is 32.2. The van der Waals surface area contributed by atoms with Gasteiger partial charge in [0.05, 0.1) is 41.5 Å². The highest BCUT2D eigenvalue weighted by molar-refractivity contribution is 6.34. The zero-order valence-electron chi connectivity index (χ0n) is 25.3. The van der Waals surface area contributed by atoms with Gasteiger partial charge in [0, 0.05) is 6.54 Å². The maximum absolute atomic E-state index is 14.8. The largest absolute Gasteiger partial charge is 0.465 e. The topological polar surface area (TPSA) is 96.4 Å². The number of hydrogen-bond donors (Lipinski definition) is 1. The number of likely N-dealkylation sites (tertiary alicyclic amines) is 1. The van der Waals surface area contributed by atoms with E-state index in [1.807, 2.05) is 45.9 Å². The van der Waals surface area contributed by atoms with E-state index in [1.54, 1.807) is 17.0 Å². The summed E-state index contributed by atoms with van der Waals surface area (Å²) in [6.45, 7) is 15.4. The second-order valence-corrected chi connectivity index (χ2v) is 12.9. The Morgan fingerprint density at radius 2 is 2.00 bits per heavy atom. The molecule has 2 amide bonds. The molecular weight excluding hydrogens is 556 g/mol. The number of carbonyl (C=O) groups is 3. The summed E-state index contributed by atoms with van der Waals surface area (Å²) in [5.74, 6) is -2.80. The van der Waals surface area contributed by atoms with E-state index in [2.05, 4.69) is 13.2 Å². The van der Waals surface area contributed by atoms with Gasteiger partial charge in [-0.25, -0.2) is 0 Å². The number of carbonyl (C=O) groups excluding carboxylic acids is 3. The predicted molar refractivity (Wildman–Crippen MR) is 163 cm³/mol. The van der Waals surface area contributed by atoms with Crippen molar-refractivity contribution in [2.75, 3.05) is 24.7 Å². The molecule has 4 rings (SSSR count). The molecule has 1 spiro atoms. The Bertz CT molecular complexity index is 1200. The number of aliphatic hydroxyl groups excluding tert-OH is 1. The van der Waals surface area contributed by atoms with Gasteiger partial charge in [-0.05, 0) is 69.9 Å². The number of fused-ring (bicyclic) bond motifs is 1. The number of benzene rings is 1. The van der Waals surface area contributed by atoms with Gasteiger partial charge >= 0.3 is 5.97 Å². The molecule has 0 saturated carbocycles. The molecule has 2 bridgehead atoms. The molecule has 3 heterocycles. The molecule has 9 heteroatoms. The third-order valence-electron chi connectivity index (χ3n) is 9.13. The van der Waals surface area contributed by atoms with Crippen molar-refractivity contribution in [3.63, 3.8) is 0 Å². The van der Waals surface area contributed by atoms with E-state index in [1.165, 1.54) is 4.90 Å². The Morgan fingerprint density at radius 1 is 1.26 bits per heavy atom. The molecule has 3 aliphatic heterocycles. The van der Waals surface area contributed by atoms with Crippen LogP contribution in [0.3, 0.4) is 0 Å². The van der Waals surface area contributed by atoms with Crippen LogP contribution in [0.5, 0.6) is 0 Å². The zero-order chi connectivity index (χ0) is 30.8. The monoisotopic (exact) mass is 600 g/mol. The first-order chi connectivity index (χ1) is 20.0. The summed E-state index contributed by atoms with van der Waals surface area (Å²) in [6, 6.07) is 3.72. The highest BCUT2D eigenvalue weighted by Crippen LogP contribution is 2.64. The molecule has 0 aliphatic carbocycles. The number of unbranched alkanes of at least 4 members (excludes halogenated alkanes) is 2. The second kappa shape index (κ2) is 12.9. The number of ether oxygens (including phenoxy) is 2. The highest BCUT2D eigenvalue weighted by atomic mass is 35.5. The minimum atomic E-state index is -1.24. The fourth-order valence-corrected chi connectivity index (χ4v) is 7.72. The number of rotatable bonds is 14. The van der Waals surface area contributed by atoms with Gasteiger partial charge in [-0.1, -0.05) is 49.7 Å². The van der Waals surface area contributed by atoms with E-state index < -0.39 is 41.1 Å². The summed E-state index contributed by atoms with van der Waals surface area (Å²) in [5.41, 5.74) is -0.853. The zero-order valence-corrected chi connectivity index (χ0v) is 26.1. The number of anilines is 1. The molecule has 1 aromatic rings. The van der Waals surface area contributed by atoms with Crippen molar-refractivity contribution in [2.24, 2.45) is 17.8 Å². The van der Waals surface area contributed by atoms with Crippen LogP contribution in [0.2, 0.25) is 5.02 Å². The molecule has 1 N–H and O–H groups in total. The maximum atomic E-state index is 14.8. The van der Waals surface area contributed by atoms with Gasteiger partial charge in [0.15, 0.2) is 0 Å². The molecule has 1 aromatic carbocycles. The Hall–Kier alpha value is -2.68. The Balaban J connectivity index is 1.79. The Labute approximate surface area is 254 Å². The molecule has 6 atom stereocenters. The van der Waals surface area contributed by atoms with Crippen LogP contribution in [-0.4, -0.2) is 70.8 Å². The number of halogens is 1. The summed E-state index contributed by atoms with van der Waals surface area (Å²) in [5, 5.41) is 10.9. The molecule has 0 radical (unpaired) electrons. The van der Waals surface area contributed by atoms with E-state index in [4.69, 9.17) is 21.1 Å². The summed E-state index contributed by atoms with van der Waals surface area (Å²) < 4.78 is 12.5.